The Morgan fingerprint density at radius 3 is 2.81 bits per heavy atom. The molecule has 0 saturated heterocycles. The molecule has 2 N–H and O–H groups in total. The Kier molecular flexibility index (Phi) is 4.90. The van der Waals surface area contributed by atoms with Crippen LogP contribution in [0.1, 0.15) is 23.9 Å². The normalized spacial score (nSPS) is 10.5. The first-order valence-corrected chi connectivity index (χ1v) is 7.25. The van der Waals surface area contributed by atoms with Crippen LogP contribution in [-0.2, 0) is 6.54 Å². The zero-order valence-corrected chi connectivity index (χ0v) is 13.2. The molecular formula is C15H19FN4S. The zero-order chi connectivity index (χ0) is 15.4. The van der Waals surface area contributed by atoms with Crippen molar-refractivity contribution in [1.82, 2.24) is 15.1 Å². The number of hydrogen-bond donors (Lipinski definition) is 2. The molecule has 21 heavy (non-hydrogen) atoms. The Bertz CT molecular complexity index is 651. The summed E-state index contributed by atoms with van der Waals surface area (Å²) in [6, 6.07) is 6.55. The lowest BCUT2D eigenvalue weighted by molar-refractivity contribution is 0.616. The van der Waals surface area contributed by atoms with Crippen LogP contribution in [0.2, 0.25) is 0 Å². The third-order valence-electron chi connectivity index (χ3n) is 3.18. The van der Waals surface area contributed by atoms with Crippen LogP contribution in [0.15, 0.2) is 24.3 Å². The maximum atomic E-state index is 13.2. The van der Waals surface area contributed by atoms with Crippen molar-refractivity contribution in [3.63, 3.8) is 0 Å². The number of aryl methyl sites for hydroxylation is 1. The van der Waals surface area contributed by atoms with Crippen molar-refractivity contribution < 1.29 is 4.39 Å². The van der Waals surface area contributed by atoms with E-state index >= 15 is 0 Å². The number of aromatic nitrogens is 2. The molecule has 0 radical (unpaired) electrons. The number of halogens is 1. The Morgan fingerprint density at radius 1 is 1.38 bits per heavy atom. The van der Waals surface area contributed by atoms with Gasteiger partial charge in [0.25, 0.3) is 0 Å². The van der Waals surface area contributed by atoms with E-state index in [0.717, 1.165) is 29.2 Å². The molecule has 0 spiro atoms. The highest BCUT2D eigenvalue weighted by Gasteiger charge is 2.12. The molecule has 6 heteroatoms. The first-order chi connectivity index (χ1) is 10.0. The Hall–Kier alpha value is -1.95. The minimum atomic E-state index is -0.235. The van der Waals surface area contributed by atoms with E-state index in [0.29, 0.717) is 11.7 Å². The minimum absolute atomic E-state index is 0.235. The van der Waals surface area contributed by atoms with Gasteiger partial charge >= 0.3 is 0 Å². The van der Waals surface area contributed by atoms with Crippen LogP contribution < -0.4 is 10.6 Å². The first kappa shape index (κ1) is 15.4. The van der Waals surface area contributed by atoms with Gasteiger partial charge in [-0.15, -0.1) is 0 Å². The highest BCUT2D eigenvalue weighted by Crippen LogP contribution is 2.20. The summed E-state index contributed by atoms with van der Waals surface area (Å²) in [5.74, 6) is -0.235. The largest absolute Gasteiger partial charge is 0.363 e. The van der Waals surface area contributed by atoms with Crippen LogP contribution in [0.5, 0.6) is 0 Å². The number of thiocarbonyl (C=S) groups is 1. The third kappa shape index (κ3) is 3.78. The number of anilines is 1. The van der Waals surface area contributed by atoms with Gasteiger partial charge in [0.15, 0.2) is 5.11 Å². The van der Waals surface area contributed by atoms with E-state index in [1.807, 2.05) is 31.5 Å². The summed E-state index contributed by atoms with van der Waals surface area (Å²) in [4.78, 5) is 0. The van der Waals surface area contributed by atoms with Gasteiger partial charge in [-0.05, 0) is 50.7 Å². The van der Waals surface area contributed by atoms with Crippen LogP contribution in [-0.4, -0.2) is 21.4 Å². The van der Waals surface area contributed by atoms with Crippen LogP contribution in [0.3, 0.4) is 0 Å². The lowest BCUT2D eigenvalue weighted by Gasteiger charge is -2.09. The first-order valence-electron chi connectivity index (χ1n) is 6.84. The van der Waals surface area contributed by atoms with Gasteiger partial charge in [-0.25, -0.2) is 4.39 Å². The summed E-state index contributed by atoms with van der Waals surface area (Å²) in [5.41, 5.74) is 3.61. The van der Waals surface area contributed by atoms with E-state index in [1.54, 1.807) is 6.07 Å². The summed E-state index contributed by atoms with van der Waals surface area (Å²) in [5, 5.41) is 11.3. The Labute approximate surface area is 129 Å². The van der Waals surface area contributed by atoms with Crippen LogP contribution in [0.25, 0.3) is 0 Å². The van der Waals surface area contributed by atoms with Gasteiger partial charge in [-0.3, -0.25) is 4.68 Å². The second kappa shape index (κ2) is 6.67. The van der Waals surface area contributed by atoms with Gasteiger partial charge in [0.05, 0.1) is 23.6 Å². The fourth-order valence-corrected chi connectivity index (χ4v) is 2.40. The van der Waals surface area contributed by atoms with Gasteiger partial charge in [0.2, 0.25) is 0 Å². The molecule has 0 aliphatic carbocycles. The van der Waals surface area contributed by atoms with E-state index < -0.39 is 0 Å². The van der Waals surface area contributed by atoms with E-state index in [-0.39, 0.29) is 5.82 Å². The van der Waals surface area contributed by atoms with Crippen molar-refractivity contribution in [1.29, 1.82) is 0 Å². The summed E-state index contributed by atoms with van der Waals surface area (Å²) in [7, 11) is 0. The Balaban J connectivity index is 2.20. The van der Waals surface area contributed by atoms with E-state index in [9.17, 15) is 4.39 Å². The topological polar surface area (TPSA) is 41.9 Å². The second-order valence-corrected chi connectivity index (χ2v) is 5.23. The number of benzene rings is 1. The van der Waals surface area contributed by atoms with Crippen molar-refractivity contribution in [3.8, 4) is 0 Å². The molecule has 1 aromatic heterocycles. The summed E-state index contributed by atoms with van der Waals surface area (Å²) < 4.78 is 15.1. The van der Waals surface area contributed by atoms with Gasteiger partial charge < -0.3 is 10.6 Å². The van der Waals surface area contributed by atoms with E-state index in [2.05, 4.69) is 15.7 Å². The molecular weight excluding hydrogens is 287 g/mol. The molecule has 0 bridgehead atoms. The highest BCUT2D eigenvalue weighted by molar-refractivity contribution is 7.80. The fraction of sp³-hybridized carbons (Fsp3) is 0.333. The predicted octanol–water partition coefficient (Wildman–Crippen LogP) is 2.99. The van der Waals surface area contributed by atoms with Gasteiger partial charge in [0.1, 0.15) is 5.82 Å². The van der Waals surface area contributed by atoms with Gasteiger partial charge in [-0.1, -0.05) is 12.1 Å². The van der Waals surface area contributed by atoms with Crippen molar-refractivity contribution in [2.24, 2.45) is 0 Å². The Morgan fingerprint density at radius 2 is 2.14 bits per heavy atom. The molecule has 4 nitrogen and oxygen atoms in total. The maximum Gasteiger partial charge on any atom is 0.170 e. The third-order valence-corrected chi connectivity index (χ3v) is 3.43. The molecule has 0 fully saturated rings. The number of hydrogen-bond acceptors (Lipinski definition) is 2. The molecule has 0 amide bonds. The number of nitrogens with one attached hydrogen (secondary N) is 2. The summed E-state index contributed by atoms with van der Waals surface area (Å²) >= 11 is 5.20. The molecule has 0 aliphatic heterocycles. The molecule has 0 saturated carbocycles. The molecule has 0 atom stereocenters. The lowest BCUT2D eigenvalue weighted by Crippen LogP contribution is -2.28. The van der Waals surface area contributed by atoms with Crippen LogP contribution in [0, 0.1) is 19.7 Å². The zero-order valence-electron chi connectivity index (χ0n) is 12.4. The van der Waals surface area contributed by atoms with Crippen LogP contribution in [0.4, 0.5) is 10.1 Å². The SMILES string of the molecule is CCNC(=S)Nc1c(C)nn(Cc2cccc(F)c2)c1C. The second-order valence-electron chi connectivity index (χ2n) is 4.82. The molecule has 112 valence electrons. The quantitative estimate of drug-likeness (QED) is 0.852. The van der Waals surface area contributed by atoms with Crippen LogP contribution >= 0.6 is 12.2 Å². The molecule has 2 aromatic rings. The number of rotatable bonds is 4. The van der Waals surface area contributed by atoms with Crippen molar-refractivity contribution in [2.75, 3.05) is 11.9 Å². The molecule has 0 unspecified atom stereocenters. The lowest BCUT2D eigenvalue weighted by atomic mass is 10.2. The molecule has 1 aromatic carbocycles. The van der Waals surface area contributed by atoms with E-state index in [1.165, 1.54) is 12.1 Å². The summed E-state index contributed by atoms with van der Waals surface area (Å²) in [6.07, 6.45) is 0. The minimum Gasteiger partial charge on any atom is -0.363 e. The van der Waals surface area contributed by atoms with Crippen molar-refractivity contribution >= 4 is 23.0 Å². The smallest absolute Gasteiger partial charge is 0.170 e. The van der Waals surface area contributed by atoms with Gasteiger partial charge in [-0.2, -0.15) is 5.10 Å². The fourth-order valence-electron chi connectivity index (χ4n) is 2.16. The maximum absolute atomic E-state index is 13.2. The van der Waals surface area contributed by atoms with Crippen molar-refractivity contribution in [2.45, 2.75) is 27.3 Å². The average molecular weight is 306 g/mol. The standard InChI is InChI=1S/C15H19FN4S/c1-4-17-15(21)18-14-10(2)19-20(11(14)3)9-12-6-5-7-13(16)8-12/h5-8H,4,9H2,1-3H3,(H2,17,18,21). The van der Waals surface area contributed by atoms with E-state index in [4.69, 9.17) is 12.2 Å². The predicted molar refractivity (Wildman–Crippen MR) is 87.1 cm³/mol. The highest BCUT2D eigenvalue weighted by atomic mass is 32.1. The summed E-state index contributed by atoms with van der Waals surface area (Å²) in [6.45, 7) is 7.17. The average Bonchev–Trinajstić information content (AvgIpc) is 2.67. The number of nitrogens with zero attached hydrogens (tertiary/aromatic N) is 2. The molecule has 1 heterocycles. The monoisotopic (exact) mass is 306 g/mol. The van der Waals surface area contributed by atoms with Crippen molar-refractivity contribution in [3.05, 3.63) is 47.0 Å². The van der Waals surface area contributed by atoms with Gasteiger partial charge in [0, 0.05) is 6.54 Å². The molecule has 2 rings (SSSR count). The molecule has 0 aliphatic rings.